The fraction of sp³-hybridized carbons (Fsp3) is 0.133. The lowest BCUT2D eigenvalue weighted by Crippen LogP contribution is -1.95. The normalized spacial score (nSPS) is 18.5. The number of rotatable bonds is 1. The van der Waals surface area contributed by atoms with Crippen LogP contribution >= 0.6 is 0 Å². The number of benzene rings is 2. The minimum Gasteiger partial charge on any atom is -0.294 e. The highest BCUT2D eigenvalue weighted by Gasteiger charge is 2.29. The highest BCUT2D eigenvalue weighted by atomic mass is 16.1. The first kappa shape index (κ1) is 9.34. The monoisotopic (exact) mass is 207 g/mol. The Morgan fingerprint density at radius 3 is 2.69 bits per heavy atom. The van der Waals surface area contributed by atoms with Crippen molar-refractivity contribution in [1.29, 1.82) is 0 Å². The van der Waals surface area contributed by atoms with Gasteiger partial charge in [-0.1, -0.05) is 48.5 Å². The molecule has 1 aliphatic carbocycles. The van der Waals surface area contributed by atoms with Crippen molar-refractivity contribution >= 4 is 5.78 Å². The Balaban J connectivity index is 2.11. The van der Waals surface area contributed by atoms with Gasteiger partial charge in [-0.2, -0.15) is 0 Å². The smallest absolute Gasteiger partial charge is 0.164 e. The van der Waals surface area contributed by atoms with Gasteiger partial charge in [0.25, 0.3) is 0 Å². The second-order valence-corrected chi connectivity index (χ2v) is 4.09. The van der Waals surface area contributed by atoms with Crippen molar-refractivity contribution in [1.82, 2.24) is 0 Å². The van der Waals surface area contributed by atoms with Crippen LogP contribution in [0.5, 0.6) is 0 Å². The third kappa shape index (κ3) is 1.36. The lowest BCUT2D eigenvalue weighted by Gasteiger charge is -2.10. The quantitative estimate of drug-likeness (QED) is 0.701. The van der Waals surface area contributed by atoms with Crippen molar-refractivity contribution in [3.8, 4) is 0 Å². The minimum absolute atomic E-state index is 0.212. The van der Waals surface area contributed by atoms with Gasteiger partial charge in [0.1, 0.15) is 0 Å². The maximum absolute atomic E-state index is 11.8. The Kier molecular flexibility index (Phi) is 2.10. The number of hydrogen-bond acceptors (Lipinski definition) is 1. The van der Waals surface area contributed by atoms with E-state index in [2.05, 4.69) is 18.2 Å². The lowest BCUT2D eigenvalue weighted by molar-refractivity contribution is 0.0991. The van der Waals surface area contributed by atoms with Gasteiger partial charge in [0.05, 0.1) is 0 Å². The van der Waals surface area contributed by atoms with Crippen LogP contribution in [0.3, 0.4) is 0 Å². The van der Waals surface area contributed by atoms with Gasteiger partial charge in [0.2, 0.25) is 0 Å². The number of carbonyl (C=O) groups is 1. The summed E-state index contributed by atoms with van der Waals surface area (Å²) in [6, 6.07) is 19.0. The van der Waals surface area contributed by atoms with E-state index in [1.54, 1.807) is 0 Å². The molecule has 1 heteroatoms. The number of carbonyl (C=O) groups excluding carboxylic acids is 1. The summed E-state index contributed by atoms with van der Waals surface area (Å²) in [6.07, 6.45) is 0.583. The van der Waals surface area contributed by atoms with Gasteiger partial charge in [-0.15, -0.1) is 0 Å². The average Bonchev–Trinajstić information content (AvgIpc) is 2.69. The molecule has 0 spiro atoms. The SMILES string of the molecule is O=C1CC(c2ccccc2)c2ccc[c]c21. The van der Waals surface area contributed by atoms with Crippen molar-refractivity contribution in [2.45, 2.75) is 12.3 Å². The van der Waals surface area contributed by atoms with E-state index in [1.807, 2.05) is 36.4 Å². The van der Waals surface area contributed by atoms with Crippen molar-refractivity contribution in [2.75, 3.05) is 0 Å². The first-order chi connectivity index (χ1) is 7.86. The zero-order valence-corrected chi connectivity index (χ0v) is 8.81. The summed E-state index contributed by atoms with van der Waals surface area (Å²) in [7, 11) is 0. The molecule has 1 unspecified atom stereocenters. The average molecular weight is 207 g/mol. The van der Waals surface area contributed by atoms with E-state index >= 15 is 0 Å². The van der Waals surface area contributed by atoms with E-state index < -0.39 is 0 Å². The third-order valence-electron chi connectivity index (χ3n) is 3.13. The zero-order valence-electron chi connectivity index (χ0n) is 8.81. The molecule has 16 heavy (non-hydrogen) atoms. The standard InChI is InChI=1S/C15H11O/c16-15-10-14(11-6-2-1-3-7-11)12-8-4-5-9-13(12)15/h1-8,14H,10H2. The van der Waals surface area contributed by atoms with Gasteiger partial charge in [-0.3, -0.25) is 4.79 Å². The molecule has 0 N–H and O–H groups in total. The summed E-state index contributed by atoms with van der Waals surface area (Å²) in [6.45, 7) is 0. The van der Waals surface area contributed by atoms with Crippen molar-refractivity contribution < 1.29 is 4.79 Å². The molecule has 0 fully saturated rings. The first-order valence-corrected chi connectivity index (χ1v) is 5.45. The molecule has 0 heterocycles. The van der Waals surface area contributed by atoms with Crippen molar-refractivity contribution in [2.24, 2.45) is 0 Å². The summed E-state index contributed by atoms with van der Waals surface area (Å²) in [5.74, 6) is 0.436. The van der Waals surface area contributed by atoms with Crippen LogP contribution in [0.2, 0.25) is 0 Å². The van der Waals surface area contributed by atoms with Crippen LogP contribution in [0.1, 0.15) is 33.8 Å². The Bertz CT molecular complexity index is 528. The number of Topliss-reactive ketones (excluding diaryl/α,β-unsaturated/α-hetero) is 1. The lowest BCUT2D eigenvalue weighted by atomic mass is 9.93. The van der Waals surface area contributed by atoms with E-state index in [0.717, 1.165) is 11.1 Å². The molecular weight excluding hydrogens is 196 g/mol. The second-order valence-electron chi connectivity index (χ2n) is 4.09. The second kappa shape index (κ2) is 3.60. The van der Waals surface area contributed by atoms with Crippen molar-refractivity contribution in [3.63, 3.8) is 0 Å². The maximum Gasteiger partial charge on any atom is 0.164 e. The van der Waals surface area contributed by atoms with Crippen LogP contribution < -0.4 is 0 Å². The zero-order chi connectivity index (χ0) is 11.0. The topological polar surface area (TPSA) is 17.1 Å². The van der Waals surface area contributed by atoms with Crippen LogP contribution in [0, 0.1) is 6.07 Å². The minimum atomic E-state index is 0.212. The van der Waals surface area contributed by atoms with Crippen LogP contribution in [-0.2, 0) is 0 Å². The predicted octanol–water partition coefficient (Wildman–Crippen LogP) is 3.21. The molecule has 0 amide bonds. The van der Waals surface area contributed by atoms with Crippen LogP contribution in [-0.4, -0.2) is 5.78 Å². The van der Waals surface area contributed by atoms with E-state index in [0.29, 0.717) is 6.42 Å². The summed E-state index contributed by atoms with van der Waals surface area (Å²) >= 11 is 0. The van der Waals surface area contributed by atoms with Gasteiger partial charge < -0.3 is 0 Å². The van der Waals surface area contributed by atoms with Crippen LogP contribution in [0.4, 0.5) is 0 Å². The maximum atomic E-state index is 11.8. The van der Waals surface area contributed by atoms with Gasteiger partial charge >= 0.3 is 0 Å². The molecule has 0 aliphatic heterocycles. The number of hydrogen-bond donors (Lipinski definition) is 0. The van der Waals surface area contributed by atoms with Gasteiger partial charge in [-0.25, -0.2) is 0 Å². The van der Waals surface area contributed by atoms with E-state index in [9.17, 15) is 4.79 Å². The predicted molar refractivity (Wildman–Crippen MR) is 62.5 cm³/mol. The first-order valence-electron chi connectivity index (χ1n) is 5.45. The summed E-state index contributed by atoms with van der Waals surface area (Å²) in [5.41, 5.74) is 3.12. The molecule has 1 nitrogen and oxygen atoms in total. The largest absolute Gasteiger partial charge is 0.294 e. The Morgan fingerprint density at radius 2 is 1.88 bits per heavy atom. The van der Waals surface area contributed by atoms with E-state index in [4.69, 9.17) is 0 Å². The van der Waals surface area contributed by atoms with Crippen molar-refractivity contribution in [3.05, 3.63) is 71.3 Å². The molecular formula is C15H11O. The molecule has 77 valence electrons. The molecule has 1 radical (unpaired) electrons. The number of ketones is 1. The Hall–Kier alpha value is -1.89. The molecule has 0 saturated carbocycles. The molecule has 1 atom stereocenters. The van der Waals surface area contributed by atoms with Crippen LogP contribution in [0.25, 0.3) is 0 Å². The fourth-order valence-electron chi connectivity index (χ4n) is 2.36. The van der Waals surface area contributed by atoms with Gasteiger partial charge in [0.15, 0.2) is 5.78 Å². The number of fused-ring (bicyclic) bond motifs is 1. The summed E-state index contributed by atoms with van der Waals surface area (Å²) in [4.78, 5) is 11.8. The summed E-state index contributed by atoms with van der Waals surface area (Å²) in [5, 5.41) is 0. The van der Waals surface area contributed by atoms with Gasteiger partial charge in [0, 0.05) is 17.9 Å². The van der Waals surface area contributed by atoms with Crippen LogP contribution in [0.15, 0.2) is 48.5 Å². The highest BCUT2D eigenvalue weighted by Crippen LogP contribution is 2.37. The highest BCUT2D eigenvalue weighted by molar-refractivity contribution is 6.01. The van der Waals surface area contributed by atoms with E-state index in [1.165, 1.54) is 5.56 Å². The molecule has 0 bridgehead atoms. The molecule has 0 aromatic heterocycles. The molecule has 2 aromatic rings. The summed E-state index contributed by atoms with van der Waals surface area (Å²) < 4.78 is 0. The Morgan fingerprint density at radius 1 is 1.06 bits per heavy atom. The molecule has 1 aliphatic rings. The van der Waals surface area contributed by atoms with Gasteiger partial charge in [-0.05, 0) is 17.2 Å². The third-order valence-corrected chi connectivity index (χ3v) is 3.13. The molecule has 0 saturated heterocycles. The Labute approximate surface area is 94.7 Å². The molecule has 3 rings (SSSR count). The molecule has 2 aromatic carbocycles. The van der Waals surface area contributed by atoms with E-state index in [-0.39, 0.29) is 11.7 Å². The fourth-order valence-corrected chi connectivity index (χ4v) is 2.36.